The number of Topliss-reactive ketones (excluding diaryl/α,β-unsaturated/α-hetero) is 1. The normalized spacial score (nSPS) is 12.2. The summed E-state index contributed by atoms with van der Waals surface area (Å²) in [5.41, 5.74) is 8.17. The third kappa shape index (κ3) is 2.99. The summed E-state index contributed by atoms with van der Waals surface area (Å²) in [6.45, 7) is 8.96. The molecule has 3 nitrogen and oxygen atoms in total. The molecule has 0 heterocycles. The Kier molecular flexibility index (Phi) is 4.55. The van der Waals surface area contributed by atoms with E-state index >= 15 is 0 Å². The standard InChI is InChI=1S/C14H22N2O/c1-5-10(3)16(6-2)12-7-8-13(11(4)17)14(15)9-12/h7-10H,5-6,15H2,1-4H3. The van der Waals surface area contributed by atoms with Crippen molar-refractivity contribution in [3.05, 3.63) is 23.8 Å². The van der Waals surface area contributed by atoms with Gasteiger partial charge >= 0.3 is 0 Å². The molecule has 0 bridgehead atoms. The van der Waals surface area contributed by atoms with Crippen LogP contribution in [-0.2, 0) is 0 Å². The van der Waals surface area contributed by atoms with Gasteiger partial charge in [0.05, 0.1) is 0 Å². The molecule has 0 saturated heterocycles. The van der Waals surface area contributed by atoms with Gasteiger partial charge in [-0.3, -0.25) is 4.79 Å². The van der Waals surface area contributed by atoms with Crippen molar-refractivity contribution >= 4 is 17.2 Å². The fourth-order valence-corrected chi connectivity index (χ4v) is 2.02. The van der Waals surface area contributed by atoms with E-state index in [2.05, 4.69) is 25.7 Å². The minimum atomic E-state index is 0.0145. The molecule has 0 saturated carbocycles. The van der Waals surface area contributed by atoms with E-state index in [4.69, 9.17) is 5.73 Å². The van der Waals surface area contributed by atoms with Crippen molar-refractivity contribution in [1.29, 1.82) is 0 Å². The van der Waals surface area contributed by atoms with Gasteiger partial charge in [-0.2, -0.15) is 0 Å². The summed E-state index contributed by atoms with van der Waals surface area (Å²) in [5, 5.41) is 0. The smallest absolute Gasteiger partial charge is 0.161 e. The lowest BCUT2D eigenvalue weighted by molar-refractivity contribution is 0.101. The van der Waals surface area contributed by atoms with Crippen LogP contribution in [0.1, 0.15) is 44.5 Å². The molecule has 17 heavy (non-hydrogen) atoms. The van der Waals surface area contributed by atoms with Crippen LogP contribution in [0.15, 0.2) is 18.2 Å². The molecule has 0 aliphatic carbocycles. The van der Waals surface area contributed by atoms with Crippen LogP contribution in [0.5, 0.6) is 0 Å². The molecular formula is C14H22N2O. The van der Waals surface area contributed by atoms with Crippen LogP contribution in [-0.4, -0.2) is 18.4 Å². The van der Waals surface area contributed by atoms with Crippen LogP contribution in [0, 0.1) is 0 Å². The van der Waals surface area contributed by atoms with Gasteiger partial charge in [-0.1, -0.05) is 6.92 Å². The first-order valence-corrected chi connectivity index (χ1v) is 6.18. The largest absolute Gasteiger partial charge is 0.398 e. The Labute approximate surface area is 104 Å². The zero-order valence-corrected chi connectivity index (χ0v) is 11.2. The number of hydrogen-bond acceptors (Lipinski definition) is 3. The summed E-state index contributed by atoms with van der Waals surface area (Å²) < 4.78 is 0. The monoisotopic (exact) mass is 234 g/mol. The topological polar surface area (TPSA) is 46.3 Å². The summed E-state index contributed by atoms with van der Waals surface area (Å²) in [6.07, 6.45) is 1.09. The van der Waals surface area contributed by atoms with Gasteiger partial charge in [0.1, 0.15) is 0 Å². The van der Waals surface area contributed by atoms with E-state index in [9.17, 15) is 4.79 Å². The van der Waals surface area contributed by atoms with Gasteiger partial charge in [0.15, 0.2) is 5.78 Å². The maximum atomic E-state index is 11.3. The zero-order valence-electron chi connectivity index (χ0n) is 11.2. The SMILES string of the molecule is CCC(C)N(CC)c1ccc(C(C)=O)c(N)c1. The number of carbonyl (C=O) groups is 1. The van der Waals surface area contributed by atoms with Crippen molar-refractivity contribution in [2.45, 2.75) is 40.2 Å². The van der Waals surface area contributed by atoms with E-state index in [0.29, 0.717) is 17.3 Å². The fraction of sp³-hybridized carbons (Fsp3) is 0.500. The Morgan fingerprint density at radius 1 is 1.41 bits per heavy atom. The van der Waals surface area contributed by atoms with Crippen molar-refractivity contribution in [2.75, 3.05) is 17.2 Å². The second-order valence-electron chi connectivity index (χ2n) is 4.37. The maximum Gasteiger partial charge on any atom is 0.161 e. The number of nitrogens with zero attached hydrogens (tertiary/aromatic N) is 1. The summed E-state index contributed by atoms with van der Waals surface area (Å²) in [4.78, 5) is 13.6. The first-order valence-electron chi connectivity index (χ1n) is 6.18. The predicted octanol–water partition coefficient (Wildman–Crippen LogP) is 3.10. The first kappa shape index (κ1) is 13.6. The molecule has 1 rings (SSSR count). The lowest BCUT2D eigenvalue weighted by Gasteiger charge is -2.30. The van der Waals surface area contributed by atoms with Gasteiger partial charge in [0.2, 0.25) is 0 Å². The molecule has 0 amide bonds. The van der Waals surface area contributed by atoms with Crippen LogP contribution in [0.4, 0.5) is 11.4 Å². The van der Waals surface area contributed by atoms with Crippen LogP contribution in [0.25, 0.3) is 0 Å². The number of rotatable bonds is 5. The number of nitrogen functional groups attached to an aromatic ring is 1. The molecule has 1 aromatic rings. The molecule has 3 heteroatoms. The minimum absolute atomic E-state index is 0.0145. The van der Waals surface area contributed by atoms with Gasteiger partial charge in [-0.25, -0.2) is 0 Å². The number of nitrogens with two attached hydrogens (primary N) is 1. The Bertz CT molecular complexity index is 401. The average Bonchev–Trinajstić information content (AvgIpc) is 2.29. The first-order chi connectivity index (χ1) is 8.01. The Balaban J connectivity index is 3.07. The highest BCUT2D eigenvalue weighted by molar-refractivity contribution is 5.99. The Morgan fingerprint density at radius 3 is 2.47 bits per heavy atom. The number of carbonyl (C=O) groups excluding carboxylic acids is 1. The summed E-state index contributed by atoms with van der Waals surface area (Å²) in [5.74, 6) is 0.0145. The number of anilines is 2. The molecule has 94 valence electrons. The minimum Gasteiger partial charge on any atom is -0.398 e. The van der Waals surface area contributed by atoms with Crippen molar-refractivity contribution < 1.29 is 4.79 Å². The third-order valence-corrected chi connectivity index (χ3v) is 3.21. The molecule has 0 aliphatic rings. The van der Waals surface area contributed by atoms with E-state index < -0.39 is 0 Å². The summed E-state index contributed by atoms with van der Waals surface area (Å²) in [6, 6.07) is 6.16. The highest BCUT2D eigenvalue weighted by atomic mass is 16.1. The fourth-order valence-electron chi connectivity index (χ4n) is 2.02. The summed E-state index contributed by atoms with van der Waals surface area (Å²) >= 11 is 0. The molecule has 0 aromatic heterocycles. The predicted molar refractivity (Wildman–Crippen MR) is 73.6 cm³/mol. The van der Waals surface area contributed by atoms with Crippen molar-refractivity contribution in [3.8, 4) is 0 Å². The molecule has 2 N–H and O–H groups in total. The van der Waals surface area contributed by atoms with Crippen LogP contribution in [0.2, 0.25) is 0 Å². The molecule has 0 aliphatic heterocycles. The van der Waals surface area contributed by atoms with Crippen molar-refractivity contribution in [1.82, 2.24) is 0 Å². The number of ketones is 1. The van der Waals surface area contributed by atoms with Crippen molar-refractivity contribution in [2.24, 2.45) is 0 Å². The van der Waals surface area contributed by atoms with E-state index in [1.807, 2.05) is 18.2 Å². The van der Waals surface area contributed by atoms with Gasteiger partial charge < -0.3 is 10.6 Å². The molecular weight excluding hydrogens is 212 g/mol. The molecule has 0 radical (unpaired) electrons. The van der Waals surface area contributed by atoms with Crippen LogP contribution >= 0.6 is 0 Å². The van der Waals surface area contributed by atoms with Gasteiger partial charge in [0, 0.05) is 29.5 Å². The molecule has 0 fully saturated rings. The van der Waals surface area contributed by atoms with Crippen LogP contribution in [0.3, 0.4) is 0 Å². The van der Waals surface area contributed by atoms with E-state index in [1.54, 1.807) is 0 Å². The number of benzene rings is 1. The van der Waals surface area contributed by atoms with Gasteiger partial charge in [0.25, 0.3) is 0 Å². The van der Waals surface area contributed by atoms with Crippen LogP contribution < -0.4 is 10.6 Å². The molecule has 1 unspecified atom stereocenters. The van der Waals surface area contributed by atoms with E-state index in [0.717, 1.165) is 18.7 Å². The molecule has 1 aromatic carbocycles. The Morgan fingerprint density at radius 2 is 2.06 bits per heavy atom. The quantitative estimate of drug-likeness (QED) is 0.629. The van der Waals surface area contributed by atoms with E-state index in [-0.39, 0.29) is 5.78 Å². The highest BCUT2D eigenvalue weighted by Gasteiger charge is 2.13. The maximum absolute atomic E-state index is 11.3. The second-order valence-corrected chi connectivity index (χ2v) is 4.37. The average molecular weight is 234 g/mol. The lowest BCUT2D eigenvalue weighted by Crippen LogP contribution is -2.32. The lowest BCUT2D eigenvalue weighted by atomic mass is 10.1. The van der Waals surface area contributed by atoms with Crippen molar-refractivity contribution in [3.63, 3.8) is 0 Å². The second kappa shape index (κ2) is 5.71. The Hall–Kier alpha value is -1.51. The third-order valence-electron chi connectivity index (χ3n) is 3.21. The highest BCUT2D eigenvalue weighted by Crippen LogP contribution is 2.24. The van der Waals surface area contributed by atoms with E-state index in [1.165, 1.54) is 6.92 Å². The van der Waals surface area contributed by atoms with Gasteiger partial charge in [-0.15, -0.1) is 0 Å². The molecule has 1 atom stereocenters. The summed E-state index contributed by atoms with van der Waals surface area (Å²) in [7, 11) is 0. The number of hydrogen-bond donors (Lipinski definition) is 1. The molecule has 0 spiro atoms. The zero-order chi connectivity index (χ0) is 13.0. The van der Waals surface area contributed by atoms with Gasteiger partial charge in [-0.05, 0) is 45.4 Å².